The van der Waals surface area contributed by atoms with E-state index in [0.717, 1.165) is 13.2 Å². The van der Waals surface area contributed by atoms with Crippen LogP contribution < -0.4 is 5.32 Å². The van der Waals surface area contributed by atoms with Gasteiger partial charge in [0.25, 0.3) is 0 Å². The number of ether oxygens (including phenoxy) is 1. The van der Waals surface area contributed by atoms with Gasteiger partial charge in [-0.1, -0.05) is 13.8 Å². The van der Waals surface area contributed by atoms with Crippen LogP contribution in [0.5, 0.6) is 0 Å². The highest BCUT2D eigenvalue weighted by Crippen LogP contribution is 2.28. The maximum atomic E-state index is 5.74. The molecule has 0 saturated carbocycles. The highest BCUT2D eigenvalue weighted by molar-refractivity contribution is 4.96. The Morgan fingerprint density at radius 3 is 2.74 bits per heavy atom. The molecule has 3 heteroatoms. The Morgan fingerprint density at radius 1 is 1.32 bits per heavy atom. The van der Waals surface area contributed by atoms with Crippen LogP contribution in [-0.4, -0.2) is 48.8 Å². The first-order valence-corrected chi connectivity index (χ1v) is 8.30. The fraction of sp³-hybridized carbons (Fsp3) is 1.00. The molecule has 0 aliphatic carbocycles. The first kappa shape index (κ1) is 15.3. The monoisotopic (exact) mass is 268 g/mol. The highest BCUT2D eigenvalue weighted by Gasteiger charge is 2.37. The fourth-order valence-electron chi connectivity index (χ4n) is 3.72. The summed E-state index contributed by atoms with van der Waals surface area (Å²) in [6.07, 6.45) is 8.15. The summed E-state index contributed by atoms with van der Waals surface area (Å²) in [5, 5.41) is 3.67. The van der Waals surface area contributed by atoms with Crippen molar-refractivity contribution in [1.29, 1.82) is 0 Å². The van der Waals surface area contributed by atoms with Crippen molar-refractivity contribution < 1.29 is 4.74 Å². The van der Waals surface area contributed by atoms with E-state index in [1.165, 1.54) is 51.6 Å². The first-order valence-electron chi connectivity index (χ1n) is 8.30. The summed E-state index contributed by atoms with van der Waals surface area (Å²) in [6.45, 7) is 11.6. The molecule has 0 aromatic rings. The van der Waals surface area contributed by atoms with E-state index in [-0.39, 0.29) is 0 Å². The molecule has 0 aromatic heterocycles. The molecule has 2 aliphatic rings. The average Bonchev–Trinajstić information content (AvgIpc) is 2.93. The van der Waals surface area contributed by atoms with E-state index >= 15 is 0 Å². The third kappa shape index (κ3) is 3.71. The molecule has 112 valence electrons. The van der Waals surface area contributed by atoms with Crippen LogP contribution in [0.15, 0.2) is 0 Å². The summed E-state index contributed by atoms with van der Waals surface area (Å²) in [6, 6.07) is 0.633. The third-order valence-electron chi connectivity index (χ3n) is 5.24. The first-order chi connectivity index (χ1) is 9.20. The molecule has 0 spiro atoms. The Kier molecular flexibility index (Phi) is 5.67. The topological polar surface area (TPSA) is 24.5 Å². The summed E-state index contributed by atoms with van der Waals surface area (Å²) in [5.41, 5.74) is 0.392. The minimum atomic E-state index is 0.392. The highest BCUT2D eigenvalue weighted by atomic mass is 16.5. The van der Waals surface area contributed by atoms with E-state index in [2.05, 4.69) is 31.0 Å². The van der Waals surface area contributed by atoms with Crippen LogP contribution in [0.2, 0.25) is 0 Å². The van der Waals surface area contributed by atoms with E-state index < -0.39 is 0 Å². The normalized spacial score (nSPS) is 31.7. The molecule has 0 bridgehead atoms. The second kappa shape index (κ2) is 7.05. The molecule has 2 atom stereocenters. The maximum Gasteiger partial charge on any atom is 0.0576 e. The largest absolute Gasteiger partial charge is 0.378 e. The Hall–Kier alpha value is -0.120. The van der Waals surface area contributed by atoms with Crippen molar-refractivity contribution in [2.45, 2.75) is 77.0 Å². The van der Waals surface area contributed by atoms with Gasteiger partial charge in [0.05, 0.1) is 6.10 Å². The minimum Gasteiger partial charge on any atom is -0.378 e. The van der Waals surface area contributed by atoms with Gasteiger partial charge < -0.3 is 10.1 Å². The SMILES string of the molecule is CCC1(CC)CNC(C)CN1CCCC1CCCO1. The van der Waals surface area contributed by atoms with E-state index in [4.69, 9.17) is 4.74 Å². The standard InChI is InChI=1S/C16H32N2O/c1-4-16(5-2)13-17-14(3)12-18(16)10-6-8-15-9-7-11-19-15/h14-15,17H,4-13H2,1-3H3. The molecule has 1 N–H and O–H groups in total. The average molecular weight is 268 g/mol. The van der Waals surface area contributed by atoms with Crippen molar-refractivity contribution in [1.82, 2.24) is 10.2 Å². The Bertz CT molecular complexity index is 259. The summed E-state index contributed by atoms with van der Waals surface area (Å²) in [4.78, 5) is 2.75. The predicted molar refractivity (Wildman–Crippen MR) is 80.6 cm³/mol. The number of nitrogens with one attached hydrogen (secondary N) is 1. The van der Waals surface area contributed by atoms with Crippen LogP contribution >= 0.6 is 0 Å². The van der Waals surface area contributed by atoms with Gasteiger partial charge in [-0.3, -0.25) is 4.90 Å². The molecule has 2 saturated heterocycles. The lowest BCUT2D eigenvalue weighted by atomic mass is 9.87. The van der Waals surface area contributed by atoms with Gasteiger partial charge in [-0.2, -0.15) is 0 Å². The van der Waals surface area contributed by atoms with Crippen LogP contribution in [0.3, 0.4) is 0 Å². The van der Waals surface area contributed by atoms with Gasteiger partial charge in [0.1, 0.15) is 0 Å². The van der Waals surface area contributed by atoms with Gasteiger partial charge in [-0.15, -0.1) is 0 Å². The maximum absolute atomic E-state index is 5.74. The Labute approximate surface area is 119 Å². The Morgan fingerprint density at radius 2 is 2.11 bits per heavy atom. The van der Waals surface area contributed by atoms with E-state index in [1.807, 2.05) is 0 Å². The molecular formula is C16H32N2O. The number of hydrogen-bond donors (Lipinski definition) is 1. The van der Waals surface area contributed by atoms with Gasteiger partial charge in [-0.05, 0) is 52.0 Å². The van der Waals surface area contributed by atoms with E-state index in [0.29, 0.717) is 17.7 Å². The minimum absolute atomic E-state index is 0.392. The second-order valence-electron chi connectivity index (χ2n) is 6.44. The molecule has 0 aromatic carbocycles. The predicted octanol–water partition coefficient (Wildman–Crippen LogP) is 2.80. The molecule has 0 radical (unpaired) electrons. The fourth-order valence-corrected chi connectivity index (χ4v) is 3.72. The van der Waals surface area contributed by atoms with Crippen LogP contribution in [0.1, 0.15) is 59.3 Å². The summed E-state index contributed by atoms with van der Waals surface area (Å²) < 4.78 is 5.74. The molecule has 0 amide bonds. The molecule has 2 heterocycles. The molecule has 2 unspecified atom stereocenters. The van der Waals surface area contributed by atoms with E-state index in [1.54, 1.807) is 0 Å². The zero-order chi connectivity index (χ0) is 13.7. The lowest BCUT2D eigenvalue weighted by Crippen LogP contribution is -2.63. The molecule has 3 nitrogen and oxygen atoms in total. The molecule has 2 fully saturated rings. The molecule has 2 rings (SSSR count). The number of nitrogens with zero attached hydrogens (tertiary/aromatic N) is 1. The van der Waals surface area contributed by atoms with Crippen molar-refractivity contribution in [2.24, 2.45) is 0 Å². The molecule has 19 heavy (non-hydrogen) atoms. The lowest BCUT2D eigenvalue weighted by Gasteiger charge is -2.49. The number of hydrogen-bond acceptors (Lipinski definition) is 3. The number of rotatable bonds is 6. The van der Waals surface area contributed by atoms with Gasteiger partial charge in [0.15, 0.2) is 0 Å². The Balaban J connectivity index is 1.83. The van der Waals surface area contributed by atoms with Gasteiger partial charge in [0, 0.05) is 31.3 Å². The van der Waals surface area contributed by atoms with Crippen molar-refractivity contribution in [3.63, 3.8) is 0 Å². The van der Waals surface area contributed by atoms with Crippen LogP contribution in [0, 0.1) is 0 Å². The van der Waals surface area contributed by atoms with Crippen molar-refractivity contribution in [3.05, 3.63) is 0 Å². The van der Waals surface area contributed by atoms with Crippen LogP contribution in [0.4, 0.5) is 0 Å². The summed E-state index contributed by atoms with van der Waals surface area (Å²) in [5.74, 6) is 0. The zero-order valence-electron chi connectivity index (χ0n) is 13.1. The van der Waals surface area contributed by atoms with Crippen LogP contribution in [-0.2, 0) is 4.74 Å². The molecular weight excluding hydrogens is 236 g/mol. The van der Waals surface area contributed by atoms with Crippen LogP contribution in [0.25, 0.3) is 0 Å². The van der Waals surface area contributed by atoms with Gasteiger partial charge in [0.2, 0.25) is 0 Å². The van der Waals surface area contributed by atoms with E-state index in [9.17, 15) is 0 Å². The van der Waals surface area contributed by atoms with Crippen molar-refractivity contribution in [3.8, 4) is 0 Å². The lowest BCUT2D eigenvalue weighted by molar-refractivity contribution is 0.0281. The van der Waals surface area contributed by atoms with Gasteiger partial charge in [-0.25, -0.2) is 0 Å². The smallest absolute Gasteiger partial charge is 0.0576 e. The zero-order valence-corrected chi connectivity index (χ0v) is 13.1. The summed E-state index contributed by atoms with van der Waals surface area (Å²) in [7, 11) is 0. The summed E-state index contributed by atoms with van der Waals surface area (Å²) >= 11 is 0. The number of piperazine rings is 1. The van der Waals surface area contributed by atoms with Gasteiger partial charge >= 0.3 is 0 Å². The third-order valence-corrected chi connectivity index (χ3v) is 5.24. The van der Waals surface area contributed by atoms with Crippen molar-refractivity contribution in [2.75, 3.05) is 26.2 Å². The quantitative estimate of drug-likeness (QED) is 0.801. The van der Waals surface area contributed by atoms with Crippen molar-refractivity contribution >= 4 is 0 Å². The second-order valence-corrected chi connectivity index (χ2v) is 6.44. The molecule has 2 aliphatic heterocycles.